The average Bonchev–Trinajstić information content (AvgIpc) is 2.11. The van der Waals surface area contributed by atoms with Gasteiger partial charge in [-0.05, 0) is 32.6 Å². The maximum atomic E-state index is 6.47. The first-order valence-corrected chi connectivity index (χ1v) is 7.19. The van der Waals surface area contributed by atoms with E-state index >= 15 is 0 Å². The first-order valence-electron chi connectivity index (χ1n) is 7.19. The molecule has 2 N–H and O–H groups in total. The van der Waals surface area contributed by atoms with Crippen LogP contribution in [-0.2, 0) is 15.9 Å². The molecule has 1 rings (SSSR count). The van der Waals surface area contributed by atoms with Crippen molar-refractivity contribution in [3.63, 3.8) is 0 Å². The highest BCUT2D eigenvalue weighted by Gasteiger charge is 2.27. The Balaban J connectivity index is 3.68. The predicted molar refractivity (Wildman–Crippen MR) is 95.6 cm³/mol. The third-order valence-electron chi connectivity index (χ3n) is 3.66. The molecule has 102 valence electrons. The summed E-state index contributed by atoms with van der Waals surface area (Å²) in [7, 11) is 6.73. The summed E-state index contributed by atoms with van der Waals surface area (Å²) in [6, 6.07) is 4.59. The molecule has 0 saturated carbocycles. The van der Waals surface area contributed by atoms with Crippen molar-refractivity contribution in [1.82, 2.24) is 0 Å². The smallest absolute Gasteiger partial charge is 0.114 e. The van der Waals surface area contributed by atoms with Gasteiger partial charge in [-0.25, -0.2) is 0 Å². The molecule has 0 heterocycles. The molecule has 0 unspecified atom stereocenters. The molecule has 0 aliphatic heterocycles. The lowest BCUT2D eigenvalue weighted by Crippen LogP contribution is -2.27. The highest BCUT2D eigenvalue weighted by molar-refractivity contribution is 6.18. The number of hydrogen-bond acceptors (Lipinski definition) is 1. The molecule has 0 amide bonds. The molecule has 0 aromatic heterocycles. The van der Waals surface area contributed by atoms with Crippen LogP contribution in [-0.4, -0.2) is 23.5 Å². The third kappa shape index (κ3) is 3.61. The summed E-state index contributed by atoms with van der Waals surface area (Å²) < 4.78 is 0. The number of rotatable bonds is 3. The second-order valence-corrected chi connectivity index (χ2v) is 8.74. The second-order valence-electron chi connectivity index (χ2n) is 8.74. The Bertz CT molecular complexity index is 439. The lowest BCUT2D eigenvalue weighted by molar-refractivity contribution is 0.713. The van der Waals surface area contributed by atoms with E-state index in [0.29, 0.717) is 0 Å². The Morgan fingerprint density at radius 3 is 1.26 bits per heavy atom. The van der Waals surface area contributed by atoms with Crippen molar-refractivity contribution in [2.75, 3.05) is 5.73 Å². The fourth-order valence-electron chi connectivity index (χ4n) is 2.33. The summed E-state index contributed by atoms with van der Waals surface area (Å²) in [4.78, 5) is 0. The van der Waals surface area contributed by atoms with Crippen LogP contribution in [0.1, 0.15) is 58.2 Å². The van der Waals surface area contributed by atoms with E-state index in [-0.39, 0.29) is 15.9 Å². The van der Waals surface area contributed by atoms with Crippen LogP contribution < -0.4 is 5.73 Å². The quantitative estimate of drug-likeness (QED) is 0.629. The molecule has 4 heteroatoms. The molecule has 0 radical (unpaired) electrons. The first-order chi connectivity index (χ1) is 8.24. The van der Waals surface area contributed by atoms with Crippen LogP contribution in [0.3, 0.4) is 0 Å². The van der Waals surface area contributed by atoms with Gasteiger partial charge in [0.15, 0.2) is 0 Å². The van der Waals surface area contributed by atoms with E-state index in [4.69, 9.17) is 5.73 Å². The fourth-order valence-corrected chi connectivity index (χ4v) is 2.33. The fraction of sp³-hybridized carbons (Fsp3) is 0.600. The number of benzene rings is 1. The maximum Gasteiger partial charge on any atom is 0.114 e. The van der Waals surface area contributed by atoms with Crippen LogP contribution in [0, 0.1) is 0 Å². The number of anilines is 1. The molecule has 0 atom stereocenters. The monoisotopic (exact) mass is 255 g/mol. The molecular weight excluding hydrogens is 227 g/mol. The van der Waals surface area contributed by atoms with Gasteiger partial charge in [0.1, 0.15) is 23.5 Å². The lowest BCUT2D eigenvalue weighted by Gasteiger charge is -2.32. The molecular formula is C15H28B3N. The zero-order valence-corrected chi connectivity index (χ0v) is 14.2. The van der Waals surface area contributed by atoms with Crippen molar-refractivity contribution in [2.45, 2.75) is 57.5 Å². The minimum absolute atomic E-state index is 0.0747. The topological polar surface area (TPSA) is 26.0 Å². The summed E-state index contributed by atoms with van der Waals surface area (Å²) >= 11 is 0. The van der Waals surface area contributed by atoms with Gasteiger partial charge in [-0.1, -0.05) is 53.7 Å². The number of nitrogens with two attached hydrogens (primary N) is 1. The highest BCUT2D eigenvalue weighted by atomic mass is 14.6. The standard InChI is InChI=1S/C15H28B3N/c1-13(2,16)9-7-10(14(3,4)17)12(19)11(8-9)15(5,6)18/h7-8H,16-19H2,1-6H3. The summed E-state index contributed by atoms with van der Waals surface area (Å²) in [5, 5.41) is 0.296. The normalized spacial score (nSPS) is 13.6. The Kier molecular flexibility index (Phi) is 3.98. The van der Waals surface area contributed by atoms with E-state index < -0.39 is 0 Å². The molecule has 1 nitrogen and oxygen atoms in total. The summed E-state index contributed by atoms with van der Waals surface area (Å²) in [5.41, 5.74) is 11.3. The van der Waals surface area contributed by atoms with Crippen molar-refractivity contribution >= 4 is 29.2 Å². The summed E-state index contributed by atoms with van der Waals surface area (Å²) in [5.74, 6) is 0. The minimum atomic E-state index is 0.0747. The summed E-state index contributed by atoms with van der Waals surface area (Å²) in [6.45, 7) is 13.5. The largest absolute Gasteiger partial charge is 0.398 e. The minimum Gasteiger partial charge on any atom is -0.398 e. The molecule has 1 aromatic rings. The van der Waals surface area contributed by atoms with Gasteiger partial charge in [0.05, 0.1) is 0 Å². The average molecular weight is 255 g/mol. The molecule has 1 aromatic carbocycles. The lowest BCUT2D eigenvalue weighted by atomic mass is 9.59. The van der Waals surface area contributed by atoms with Crippen molar-refractivity contribution < 1.29 is 0 Å². The molecule has 0 fully saturated rings. The van der Waals surface area contributed by atoms with E-state index in [2.05, 4.69) is 77.2 Å². The first kappa shape index (κ1) is 16.3. The van der Waals surface area contributed by atoms with Gasteiger partial charge in [-0.2, -0.15) is 0 Å². The molecule has 0 aliphatic carbocycles. The molecule has 0 bridgehead atoms. The Hall–Kier alpha value is -0.785. The second kappa shape index (κ2) is 4.65. The highest BCUT2D eigenvalue weighted by Crippen LogP contribution is 2.37. The van der Waals surface area contributed by atoms with E-state index in [0.717, 1.165) is 5.69 Å². The van der Waals surface area contributed by atoms with Crippen LogP contribution in [0.5, 0.6) is 0 Å². The Morgan fingerprint density at radius 1 is 0.737 bits per heavy atom. The van der Waals surface area contributed by atoms with E-state index in [1.807, 2.05) is 0 Å². The van der Waals surface area contributed by atoms with Crippen molar-refractivity contribution in [1.29, 1.82) is 0 Å². The van der Waals surface area contributed by atoms with Crippen LogP contribution in [0.2, 0.25) is 0 Å². The van der Waals surface area contributed by atoms with Gasteiger partial charge < -0.3 is 5.73 Å². The van der Waals surface area contributed by atoms with Crippen molar-refractivity contribution in [3.05, 3.63) is 28.8 Å². The Morgan fingerprint density at radius 2 is 1.05 bits per heavy atom. The molecule has 19 heavy (non-hydrogen) atoms. The van der Waals surface area contributed by atoms with E-state index in [1.54, 1.807) is 0 Å². The molecule has 0 spiro atoms. The van der Waals surface area contributed by atoms with Gasteiger partial charge in [-0.15, -0.1) is 0 Å². The predicted octanol–water partition coefficient (Wildman–Crippen LogP) is 0.873. The van der Waals surface area contributed by atoms with Crippen LogP contribution in [0.15, 0.2) is 12.1 Å². The zero-order valence-electron chi connectivity index (χ0n) is 14.2. The van der Waals surface area contributed by atoms with Gasteiger partial charge in [0.25, 0.3) is 0 Å². The SMILES string of the molecule is BC(C)(C)c1cc(C(B)(C)C)c(N)c(C(B)(C)C)c1. The van der Waals surface area contributed by atoms with Crippen LogP contribution >= 0.6 is 0 Å². The number of nitrogen functional groups attached to an aromatic ring is 1. The summed E-state index contributed by atoms with van der Waals surface area (Å²) in [6.07, 6.45) is 0. The zero-order chi connectivity index (χ0) is 15.2. The van der Waals surface area contributed by atoms with Crippen molar-refractivity contribution in [3.8, 4) is 0 Å². The van der Waals surface area contributed by atoms with E-state index in [9.17, 15) is 0 Å². The van der Waals surface area contributed by atoms with Gasteiger partial charge in [-0.3, -0.25) is 0 Å². The Labute approximate surface area is 122 Å². The maximum absolute atomic E-state index is 6.47. The van der Waals surface area contributed by atoms with Gasteiger partial charge in [0, 0.05) is 5.69 Å². The van der Waals surface area contributed by atoms with Crippen LogP contribution in [0.4, 0.5) is 5.69 Å². The molecule has 0 saturated heterocycles. The van der Waals surface area contributed by atoms with E-state index in [1.165, 1.54) is 16.7 Å². The van der Waals surface area contributed by atoms with Crippen LogP contribution in [0.25, 0.3) is 0 Å². The van der Waals surface area contributed by atoms with Crippen molar-refractivity contribution in [2.24, 2.45) is 0 Å². The van der Waals surface area contributed by atoms with Gasteiger partial charge in [0.2, 0.25) is 0 Å². The number of hydrogen-bond donors (Lipinski definition) is 1. The van der Waals surface area contributed by atoms with Gasteiger partial charge >= 0.3 is 0 Å². The third-order valence-corrected chi connectivity index (χ3v) is 3.66. The molecule has 0 aliphatic rings.